The molecule has 0 atom stereocenters. The number of anilines is 1. The van der Waals surface area contributed by atoms with Gasteiger partial charge in [0.15, 0.2) is 0 Å². The van der Waals surface area contributed by atoms with Crippen molar-refractivity contribution in [2.75, 3.05) is 5.32 Å². The van der Waals surface area contributed by atoms with Crippen LogP contribution in [-0.4, -0.2) is 10.9 Å². The van der Waals surface area contributed by atoms with E-state index in [1.54, 1.807) is 30.3 Å². The van der Waals surface area contributed by atoms with Gasteiger partial charge in [-0.1, -0.05) is 39.1 Å². The molecule has 2 aromatic rings. The minimum atomic E-state index is -0.301. The van der Waals surface area contributed by atoms with Crippen LogP contribution in [0.1, 0.15) is 10.4 Å². The third-order valence-corrected chi connectivity index (χ3v) is 3.20. The predicted octanol–water partition coefficient (Wildman–Crippen LogP) is 4.40. The molecule has 6 heteroatoms. The highest BCUT2D eigenvalue weighted by Gasteiger charge is 2.11. The van der Waals surface area contributed by atoms with Crippen LogP contribution in [0.2, 0.25) is 10.2 Å². The number of aromatic nitrogens is 1. The summed E-state index contributed by atoms with van der Waals surface area (Å²) in [5.41, 5.74) is 0.946. The van der Waals surface area contributed by atoms with Crippen LogP contribution in [0.3, 0.4) is 0 Å². The van der Waals surface area contributed by atoms with E-state index < -0.39 is 0 Å². The van der Waals surface area contributed by atoms with Crippen molar-refractivity contribution in [1.82, 2.24) is 4.98 Å². The average molecular weight is 346 g/mol. The molecule has 2 rings (SSSR count). The Labute approximate surface area is 122 Å². The molecule has 92 valence electrons. The molecule has 1 aromatic heterocycles. The molecule has 0 radical (unpaired) electrons. The number of nitrogens with one attached hydrogen (secondary N) is 1. The van der Waals surface area contributed by atoms with E-state index >= 15 is 0 Å². The van der Waals surface area contributed by atoms with Crippen molar-refractivity contribution >= 4 is 50.7 Å². The monoisotopic (exact) mass is 344 g/mol. The molecule has 0 saturated heterocycles. The number of nitrogens with zero attached hydrogens (tertiary/aromatic N) is 1. The molecule has 0 aliphatic heterocycles. The van der Waals surface area contributed by atoms with Gasteiger partial charge >= 0.3 is 0 Å². The van der Waals surface area contributed by atoms with Crippen molar-refractivity contribution in [2.24, 2.45) is 0 Å². The Morgan fingerprint density at radius 1 is 1.22 bits per heavy atom. The van der Waals surface area contributed by atoms with Gasteiger partial charge in [0.25, 0.3) is 5.91 Å². The van der Waals surface area contributed by atoms with Crippen LogP contribution in [0.15, 0.2) is 41.0 Å². The molecule has 3 nitrogen and oxygen atoms in total. The number of amides is 1. The van der Waals surface area contributed by atoms with E-state index in [0.29, 0.717) is 21.4 Å². The second-order valence-corrected chi connectivity index (χ2v) is 5.16. The van der Waals surface area contributed by atoms with Gasteiger partial charge in [-0.05, 0) is 30.3 Å². The van der Waals surface area contributed by atoms with E-state index in [1.807, 2.05) is 0 Å². The fraction of sp³-hybridized carbons (Fsp3) is 0. The lowest BCUT2D eigenvalue weighted by molar-refractivity contribution is 0.102. The summed E-state index contributed by atoms with van der Waals surface area (Å²) in [5, 5.41) is 3.44. The second kappa shape index (κ2) is 5.69. The number of pyridine rings is 1. The van der Waals surface area contributed by atoms with E-state index in [2.05, 4.69) is 26.2 Å². The molecule has 1 heterocycles. The highest BCUT2D eigenvalue weighted by molar-refractivity contribution is 9.10. The minimum absolute atomic E-state index is 0.301. The fourth-order valence-corrected chi connectivity index (χ4v) is 2.00. The molecule has 0 aliphatic carbocycles. The third-order valence-electron chi connectivity index (χ3n) is 2.16. The number of carbonyl (C=O) groups is 1. The number of hydrogen-bond acceptors (Lipinski definition) is 2. The van der Waals surface area contributed by atoms with E-state index in [9.17, 15) is 4.79 Å². The van der Waals surface area contributed by atoms with Crippen LogP contribution in [-0.2, 0) is 0 Å². The first-order valence-electron chi connectivity index (χ1n) is 4.94. The normalized spacial score (nSPS) is 10.2. The second-order valence-electron chi connectivity index (χ2n) is 3.45. The standard InChI is InChI=1S/C12H7BrCl2N2O/c13-7-1-3-10(14)9(5-7)12(18)17-8-2-4-11(15)16-6-8/h1-6H,(H,17,18). The first kappa shape index (κ1) is 13.3. The van der Waals surface area contributed by atoms with E-state index in [0.717, 1.165) is 4.47 Å². The van der Waals surface area contributed by atoms with Crippen LogP contribution in [0.4, 0.5) is 5.69 Å². The van der Waals surface area contributed by atoms with Crippen molar-refractivity contribution in [2.45, 2.75) is 0 Å². The molecular formula is C12H7BrCl2N2O. The minimum Gasteiger partial charge on any atom is -0.321 e. The first-order valence-corrected chi connectivity index (χ1v) is 6.49. The maximum atomic E-state index is 12.0. The van der Waals surface area contributed by atoms with Gasteiger partial charge in [-0.2, -0.15) is 0 Å². The van der Waals surface area contributed by atoms with Crippen molar-refractivity contribution in [3.8, 4) is 0 Å². The molecule has 0 aliphatic rings. The molecule has 0 bridgehead atoms. The third kappa shape index (κ3) is 3.22. The van der Waals surface area contributed by atoms with Crippen LogP contribution in [0, 0.1) is 0 Å². The van der Waals surface area contributed by atoms with Gasteiger partial charge in [0.05, 0.1) is 22.5 Å². The Morgan fingerprint density at radius 3 is 2.67 bits per heavy atom. The molecular weight excluding hydrogens is 339 g/mol. The Balaban J connectivity index is 2.21. The zero-order valence-corrected chi connectivity index (χ0v) is 12.1. The van der Waals surface area contributed by atoms with Gasteiger partial charge < -0.3 is 5.32 Å². The quantitative estimate of drug-likeness (QED) is 0.819. The zero-order chi connectivity index (χ0) is 13.1. The number of halogens is 3. The summed E-state index contributed by atoms with van der Waals surface area (Å²) in [4.78, 5) is 15.9. The largest absolute Gasteiger partial charge is 0.321 e. The first-order chi connectivity index (χ1) is 8.56. The van der Waals surface area contributed by atoms with Crippen molar-refractivity contribution in [3.05, 3.63) is 56.7 Å². The number of carbonyl (C=O) groups excluding carboxylic acids is 1. The molecule has 0 unspecified atom stereocenters. The van der Waals surface area contributed by atoms with Gasteiger partial charge in [0.2, 0.25) is 0 Å². The Bertz CT molecular complexity index is 587. The Kier molecular flexibility index (Phi) is 4.22. The summed E-state index contributed by atoms with van der Waals surface area (Å²) in [6, 6.07) is 8.34. The molecule has 1 amide bonds. The molecule has 18 heavy (non-hydrogen) atoms. The van der Waals surface area contributed by atoms with Gasteiger partial charge in [-0.25, -0.2) is 4.98 Å². The number of rotatable bonds is 2. The van der Waals surface area contributed by atoms with Crippen molar-refractivity contribution < 1.29 is 4.79 Å². The lowest BCUT2D eigenvalue weighted by Gasteiger charge is -2.06. The summed E-state index contributed by atoms with van der Waals surface area (Å²) in [6.07, 6.45) is 1.48. The number of hydrogen-bond donors (Lipinski definition) is 1. The van der Waals surface area contributed by atoms with Crippen LogP contribution < -0.4 is 5.32 Å². The molecule has 0 saturated carbocycles. The topological polar surface area (TPSA) is 42.0 Å². The van der Waals surface area contributed by atoms with Crippen LogP contribution in [0.5, 0.6) is 0 Å². The molecule has 0 spiro atoms. The lowest BCUT2D eigenvalue weighted by Crippen LogP contribution is -2.12. The van der Waals surface area contributed by atoms with Crippen molar-refractivity contribution in [3.63, 3.8) is 0 Å². The SMILES string of the molecule is O=C(Nc1ccc(Cl)nc1)c1cc(Br)ccc1Cl. The highest BCUT2D eigenvalue weighted by atomic mass is 79.9. The van der Waals surface area contributed by atoms with Gasteiger partial charge in [-0.3, -0.25) is 4.79 Å². The molecule has 1 N–H and O–H groups in total. The molecule has 1 aromatic carbocycles. The summed E-state index contributed by atoms with van der Waals surface area (Å²) >= 11 is 14.9. The summed E-state index contributed by atoms with van der Waals surface area (Å²) in [7, 11) is 0. The van der Waals surface area contributed by atoms with Crippen LogP contribution in [0.25, 0.3) is 0 Å². The van der Waals surface area contributed by atoms with E-state index in [1.165, 1.54) is 6.20 Å². The predicted molar refractivity (Wildman–Crippen MR) is 76.4 cm³/mol. The fourth-order valence-electron chi connectivity index (χ4n) is 1.32. The summed E-state index contributed by atoms with van der Waals surface area (Å²) < 4.78 is 0.784. The Morgan fingerprint density at radius 2 is 2.00 bits per heavy atom. The number of benzene rings is 1. The smallest absolute Gasteiger partial charge is 0.257 e. The van der Waals surface area contributed by atoms with Crippen LogP contribution >= 0.6 is 39.1 Å². The lowest BCUT2D eigenvalue weighted by atomic mass is 10.2. The summed E-state index contributed by atoms with van der Waals surface area (Å²) in [6.45, 7) is 0. The maximum absolute atomic E-state index is 12.0. The Hall–Kier alpha value is -1.10. The zero-order valence-electron chi connectivity index (χ0n) is 8.95. The maximum Gasteiger partial charge on any atom is 0.257 e. The molecule has 0 fully saturated rings. The summed E-state index contributed by atoms with van der Waals surface area (Å²) in [5.74, 6) is -0.301. The van der Waals surface area contributed by atoms with Gasteiger partial charge in [-0.15, -0.1) is 0 Å². The average Bonchev–Trinajstić information content (AvgIpc) is 2.35. The van der Waals surface area contributed by atoms with E-state index in [4.69, 9.17) is 23.2 Å². The van der Waals surface area contributed by atoms with E-state index in [-0.39, 0.29) is 5.91 Å². The van der Waals surface area contributed by atoms with Gasteiger partial charge in [0.1, 0.15) is 5.15 Å². The van der Waals surface area contributed by atoms with Gasteiger partial charge in [0, 0.05) is 4.47 Å². The highest BCUT2D eigenvalue weighted by Crippen LogP contribution is 2.22. The van der Waals surface area contributed by atoms with Crippen molar-refractivity contribution in [1.29, 1.82) is 0 Å².